The third kappa shape index (κ3) is 43.0. The summed E-state index contributed by atoms with van der Waals surface area (Å²) in [6.07, 6.45) is 49.4. The van der Waals surface area contributed by atoms with Gasteiger partial charge >= 0.3 is 19.8 Å². The van der Waals surface area contributed by atoms with Crippen LogP contribution in [0, 0.1) is 0 Å². The molecule has 1 N–H and O–H groups in total. The molecule has 0 saturated heterocycles. The van der Waals surface area contributed by atoms with Crippen molar-refractivity contribution in [3.8, 4) is 0 Å². The van der Waals surface area contributed by atoms with E-state index < -0.39 is 32.5 Å². The molecular formula is C48H85NO8P+. The highest BCUT2D eigenvalue weighted by Gasteiger charge is 2.27. The number of unbranched alkanes of at least 4 members (excludes halogenated alkanes) is 14. The fraction of sp³-hybridized carbons (Fsp3) is 0.708. The van der Waals surface area contributed by atoms with Crippen molar-refractivity contribution in [3.63, 3.8) is 0 Å². The van der Waals surface area contributed by atoms with E-state index in [2.05, 4.69) is 86.8 Å². The summed E-state index contributed by atoms with van der Waals surface area (Å²) in [5.74, 6) is -0.855. The number of ether oxygens (including phenoxy) is 2. The average Bonchev–Trinajstić information content (AvgIpc) is 3.17. The predicted octanol–water partition coefficient (Wildman–Crippen LogP) is 13.0. The number of hydrogen-bond acceptors (Lipinski definition) is 7. The molecule has 0 aromatic rings. The number of likely N-dealkylation sites (N-methyl/N-ethyl adjacent to an activating group) is 1. The molecule has 0 radical (unpaired) electrons. The zero-order valence-electron chi connectivity index (χ0n) is 37.5. The van der Waals surface area contributed by atoms with Gasteiger partial charge in [0.15, 0.2) is 6.10 Å². The van der Waals surface area contributed by atoms with Crippen LogP contribution >= 0.6 is 7.82 Å². The van der Waals surface area contributed by atoms with Gasteiger partial charge in [-0.25, -0.2) is 4.57 Å². The van der Waals surface area contributed by atoms with Crippen LogP contribution in [0.25, 0.3) is 0 Å². The van der Waals surface area contributed by atoms with E-state index in [1.165, 1.54) is 51.4 Å². The van der Waals surface area contributed by atoms with Crippen molar-refractivity contribution in [2.75, 3.05) is 47.5 Å². The summed E-state index contributed by atoms with van der Waals surface area (Å²) < 4.78 is 34.3. The van der Waals surface area contributed by atoms with Gasteiger partial charge < -0.3 is 18.9 Å². The molecule has 0 saturated carbocycles. The summed E-state index contributed by atoms with van der Waals surface area (Å²) in [6.45, 7) is 4.30. The molecule has 1 unspecified atom stereocenters. The number of quaternary nitrogens is 1. The van der Waals surface area contributed by atoms with Crippen LogP contribution in [0.4, 0.5) is 0 Å². The number of esters is 2. The summed E-state index contributed by atoms with van der Waals surface area (Å²) in [6, 6.07) is 0. The van der Waals surface area contributed by atoms with Crippen LogP contribution in [0.1, 0.15) is 168 Å². The third-order valence-electron chi connectivity index (χ3n) is 9.21. The summed E-state index contributed by atoms with van der Waals surface area (Å²) in [5, 5.41) is 0. The van der Waals surface area contributed by atoms with Gasteiger partial charge in [0, 0.05) is 12.8 Å². The van der Waals surface area contributed by atoms with E-state index in [1.807, 2.05) is 21.1 Å². The summed E-state index contributed by atoms with van der Waals surface area (Å²) in [4.78, 5) is 35.4. The maximum Gasteiger partial charge on any atom is 0.472 e. The van der Waals surface area contributed by atoms with Crippen LogP contribution in [0.15, 0.2) is 72.9 Å². The van der Waals surface area contributed by atoms with E-state index in [-0.39, 0.29) is 26.1 Å². The van der Waals surface area contributed by atoms with Crippen LogP contribution < -0.4 is 0 Å². The van der Waals surface area contributed by atoms with Crippen molar-refractivity contribution < 1.29 is 42.1 Å². The molecule has 0 spiro atoms. The fourth-order valence-electron chi connectivity index (χ4n) is 5.61. The highest BCUT2D eigenvalue weighted by Crippen LogP contribution is 2.43. The molecular weight excluding hydrogens is 750 g/mol. The quantitative estimate of drug-likeness (QED) is 0.0214. The number of nitrogens with zero attached hydrogens (tertiary/aromatic N) is 1. The van der Waals surface area contributed by atoms with Gasteiger partial charge in [0.25, 0.3) is 0 Å². The SMILES string of the molecule is CCCCC/C=C/C/C=C/C/C=C/CCCCCCC(=O)OC[C@H](COP(=O)(O)OCC[N+](C)(C)C)OC(=O)CCCCCC/C=C/C/C=C/C/C=C/CCCCC. The fourth-order valence-corrected chi connectivity index (χ4v) is 6.36. The lowest BCUT2D eigenvalue weighted by molar-refractivity contribution is -0.870. The van der Waals surface area contributed by atoms with Gasteiger partial charge in [-0.2, -0.15) is 0 Å². The highest BCUT2D eigenvalue weighted by molar-refractivity contribution is 7.47. The number of phosphoric ester groups is 1. The van der Waals surface area contributed by atoms with Crippen LogP contribution in [0.3, 0.4) is 0 Å². The molecule has 0 aliphatic heterocycles. The lowest BCUT2D eigenvalue weighted by Gasteiger charge is -2.24. The largest absolute Gasteiger partial charge is 0.472 e. The number of carbonyl (C=O) groups is 2. The van der Waals surface area contributed by atoms with Gasteiger partial charge in [-0.3, -0.25) is 18.6 Å². The monoisotopic (exact) mass is 835 g/mol. The molecule has 0 bridgehead atoms. The first kappa shape index (κ1) is 55.5. The molecule has 0 amide bonds. The lowest BCUT2D eigenvalue weighted by Crippen LogP contribution is -2.37. The summed E-state index contributed by atoms with van der Waals surface area (Å²) in [7, 11) is 1.44. The van der Waals surface area contributed by atoms with E-state index in [0.717, 1.165) is 77.0 Å². The zero-order valence-corrected chi connectivity index (χ0v) is 38.4. The zero-order chi connectivity index (χ0) is 42.8. The van der Waals surface area contributed by atoms with E-state index >= 15 is 0 Å². The molecule has 0 aliphatic carbocycles. The molecule has 334 valence electrons. The van der Waals surface area contributed by atoms with E-state index in [1.54, 1.807) is 0 Å². The van der Waals surface area contributed by atoms with Crippen molar-refractivity contribution in [1.29, 1.82) is 0 Å². The molecule has 0 rings (SSSR count). The minimum absolute atomic E-state index is 0.0195. The summed E-state index contributed by atoms with van der Waals surface area (Å²) >= 11 is 0. The minimum Gasteiger partial charge on any atom is -0.462 e. The van der Waals surface area contributed by atoms with Crippen molar-refractivity contribution in [1.82, 2.24) is 0 Å². The Morgan fingerprint density at radius 1 is 0.534 bits per heavy atom. The third-order valence-corrected chi connectivity index (χ3v) is 10.2. The molecule has 10 heteroatoms. The maximum absolute atomic E-state index is 12.7. The van der Waals surface area contributed by atoms with E-state index in [0.29, 0.717) is 23.9 Å². The van der Waals surface area contributed by atoms with Crippen molar-refractivity contribution in [2.45, 2.75) is 174 Å². The maximum atomic E-state index is 12.7. The van der Waals surface area contributed by atoms with Crippen LogP contribution in [0.2, 0.25) is 0 Å². The second-order valence-corrected chi connectivity index (χ2v) is 17.5. The van der Waals surface area contributed by atoms with Gasteiger partial charge in [0.2, 0.25) is 0 Å². The second-order valence-electron chi connectivity index (χ2n) is 16.1. The smallest absolute Gasteiger partial charge is 0.462 e. The lowest BCUT2D eigenvalue weighted by atomic mass is 10.1. The predicted molar refractivity (Wildman–Crippen MR) is 242 cm³/mol. The Hall–Kier alpha value is -2.55. The number of phosphoric acid groups is 1. The molecule has 0 aromatic heterocycles. The van der Waals surface area contributed by atoms with Crippen LogP contribution in [0.5, 0.6) is 0 Å². The number of carbonyl (C=O) groups excluding carboxylic acids is 2. The Balaban J connectivity index is 4.45. The molecule has 0 aromatic carbocycles. The van der Waals surface area contributed by atoms with Crippen LogP contribution in [-0.2, 0) is 32.7 Å². The first-order valence-corrected chi connectivity index (χ1v) is 24.2. The normalized spacial score (nSPS) is 14.2. The van der Waals surface area contributed by atoms with Crippen molar-refractivity contribution >= 4 is 19.8 Å². The average molecular weight is 835 g/mol. The molecule has 0 fully saturated rings. The Labute approximate surface area is 355 Å². The molecule has 0 aliphatic rings. The van der Waals surface area contributed by atoms with Gasteiger partial charge in [-0.1, -0.05) is 138 Å². The standard InChI is InChI=1S/C48H84NO8P/c1-6-8-10-12-14-16-18-20-22-24-26-28-30-32-34-36-38-40-47(50)54-44-46(45-56-58(52,53)55-43-42-49(3,4)5)57-48(51)41-39-37-35-33-31-29-27-25-23-21-19-17-15-13-11-9-7-2/h14-17,20-23,26-29,46H,6-13,18-19,24-25,30-45H2,1-5H3/p+1/b16-14+,17-15+,22-20+,23-21+,28-26+,29-27+/t46-/m1/s1. The highest BCUT2D eigenvalue weighted by atomic mass is 31.2. The molecule has 58 heavy (non-hydrogen) atoms. The van der Waals surface area contributed by atoms with E-state index in [9.17, 15) is 19.0 Å². The van der Waals surface area contributed by atoms with Gasteiger partial charge in [0.05, 0.1) is 27.7 Å². The van der Waals surface area contributed by atoms with Crippen molar-refractivity contribution in [3.05, 3.63) is 72.9 Å². The number of allylic oxidation sites excluding steroid dienone is 12. The Morgan fingerprint density at radius 3 is 1.36 bits per heavy atom. The molecule has 0 heterocycles. The van der Waals surface area contributed by atoms with Gasteiger partial charge in [-0.15, -0.1) is 0 Å². The minimum atomic E-state index is -4.39. The van der Waals surface area contributed by atoms with Crippen molar-refractivity contribution in [2.24, 2.45) is 0 Å². The Kier molecular flexibility index (Phi) is 38.1. The number of rotatable bonds is 40. The van der Waals surface area contributed by atoms with E-state index in [4.69, 9.17) is 18.5 Å². The van der Waals surface area contributed by atoms with Gasteiger partial charge in [0.1, 0.15) is 19.8 Å². The topological polar surface area (TPSA) is 108 Å². The number of hydrogen-bond donors (Lipinski definition) is 1. The molecule has 2 atom stereocenters. The Bertz CT molecular complexity index is 1220. The van der Waals surface area contributed by atoms with Crippen LogP contribution in [-0.4, -0.2) is 74.9 Å². The second kappa shape index (κ2) is 39.9. The summed E-state index contributed by atoms with van der Waals surface area (Å²) in [5.41, 5.74) is 0. The first-order chi connectivity index (χ1) is 28.0. The molecule has 9 nitrogen and oxygen atoms in total. The Morgan fingerprint density at radius 2 is 0.931 bits per heavy atom. The van der Waals surface area contributed by atoms with Gasteiger partial charge in [-0.05, 0) is 89.9 Å². The first-order valence-electron chi connectivity index (χ1n) is 22.7.